The second-order valence-corrected chi connectivity index (χ2v) is 19.3. The maximum Gasteiger partial charge on any atom is 0.305 e. The quantitative estimate of drug-likeness (QED) is 0.0321. The Morgan fingerprint density at radius 3 is 1.13 bits per heavy atom. The molecule has 0 spiro atoms. The van der Waals surface area contributed by atoms with Gasteiger partial charge in [-0.1, -0.05) is 256 Å². The summed E-state index contributed by atoms with van der Waals surface area (Å²) in [7, 11) is 0. The molecule has 372 valence electrons. The number of esters is 1. The van der Waals surface area contributed by atoms with E-state index in [4.69, 9.17) is 4.74 Å². The van der Waals surface area contributed by atoms with Crippen molar-refractivity contribution in [2.75, 3.05) is 13.2 Å². The number of carbonyl (C=O) groups is 2. The highest BCUT2D eigenvalue weighted by atomic mass is 16.5. The highest BCUT2D eigenvalue weighted by Gasteiger charge is 2.18. The second-order valence-electron chi connectivity index (χ2n) is 19.3. The number of nitrogens with one attached hydrogen (secondary N) is 1. The van der Waals surface area contributed by atoms with Crippen LogP contribution in [0.3, 0.4) is 0 Å². The van der Waals surface area contributed by atoms with Gasteiger partial charge in [0.25, 0.3) is 0 Å². The number of hydrogen-bond donors (Lipinski definition) is 3. The van der Waals surface area contributed by atoms with Crippen LogP contribution in [0.5, 0.6) is 0 Å². The van der Waals surface area contributed by atoms with E-state index in [0.717, 1.165) is 38.5 Å². The average molecular weight is 889 g/mol. The van der Waals surface area contributed by atoms with E-state index < -0.39 is 12.1 Å². The van der Waals surface area contributed by atoms with Crippen LogP contribution in [0.25, 0.3) is 0 Å². The van der Waals surface area contributed by atoms with Gasteiger partial charge in [-0.2, -0.15) is 0 Å². The molecule has 6 nitrogen and oxygen atoms in total. The number of aliphatic hydroxyl groups excluding tert-OH is 2. The molecule has 0 aliphatic heterocycles. The molecule has 0 aromatic carbocycles. The summed E-state index contributed by atoms with van der Waals surface area (Å²) in [4.78, 5) is 24.4. The standard InChI is InChI=1S/C57H109NO5/c1-3-5-7-9-11-13-14-27-31-35-39-43-47-51-57(62)63-52-48-44-40-36-32-29-26-24-22-20-18-16-15-17-19-21-23-25-28-30-34-38-42-46-50-56(61)58-54(53-59)55(60)49-45-41-37-33-12-10-8-6-4-2/h17,19,45,49,54-55,59-60H,3-16,18,20-44,46-48,50-53H2,1-2H3,(H,58,61)/b19-17-,49-45+. The second kappa shape index (κ2) is 53.0. The molecule has 0 aliphatic rings. The van der Waals surface area contributed by atoms with Gasteiger partial charge in [-0.3, -0.25) is 9.59 Å². The number of allylic oxidation sites excluding steroid dienone is 3. The Morgan fingerprint density at radius 1 is 0.429 bits per heavy atom. The molecule has 0 fully saturated rings. The third-order valence-electron chi connectivity index (χ3n) is 13.0. The monoisotopic (exact) mass is 888 g/mol. The fraction of sp³-hybridized carbons (Fsp3) is 0.895. The highest BCUT2D eigenvalue weighted by molar-refractivity contribution is 5.76. The number of rotatable bonds is 52. The van der Waals surface area contributed by atoms with Gasteiger partial charge in [0, 0.05) is 12.8 Å². The third kappa shape index (κ3) is 49.6. The SMILES string of the molecule is CCCCCCCCC/C=C/C(O)C(CO)NC(=O)CCCCCCCCCC/C=C\CCCCCCCCCCCCCCOC(=O)CCCCCCCCCCCCCCC. The van der Waals surface area contributed by atoms with Gasteiger partial charge in [-0.25, -0.2) is 0 Å². The molecular formula is C57H109NO5. The average Bonchev–Trinajstić information content (AvgIpc) is 3.28. The summed E-state index contributed by atoms with van der Waals surface area (Å²) in [5, 5.41) is 22.9. The van der Waals surface area contributed by atoms with Gasteiger partial charge >= 0.3 is 5.97 Å². The minimum atomic E-state index is -0.844. The van der Waals surface area contributed by atoms with E-state index >= 15 is 0 Å². The first kappa shape index (κ1) is 61.3. The first-order valence-corrected chi connectivity index (χ1v) is 28.1. The van der Waals surface area contributed by atoms with E-state index in [9.17, 15) is 19.8 Å². The van der Waals surface area contributed by atoms with E-state index in [-0.39, 0.29) is 18.5 Å². The normalized spacial score (nSPS) is 12.8. The molecule has 0 heterocycles. The smallest absolute Gasteiger partial charge is 0.305 e. The molecule has 0 aromatic heterocycles. The number of carbonyl (C=O) groups excluding carboxylic acids is 2. The van der Waals surface area contributed by atoms with Crippen molar-refractivity contribution in [3.63, 3.8) is 0 Å². The van der Waals surface area contributed by atoms with Crippen molar-refractivity contribution in [1.82, 2.24) is 5.32 Å². The van der Waals surface area contributed by atoms with Crippen LogP contribution in [0, 0.1) is 0 Å². The van der Waals surface area contributed by atoms with Crippen LogP contribution in [0.4, 0.5) is 0 Å². The molecule has 0 bridgehead atoms. The molecule has 0 radical (unpaired) electrons. The Bertz CT molecular complexity index is 982. The summed E-state index contributed by atoms with van der Waals surface area (Å²) in [6.07, 6.45) is 63.5. The topological polar surface area (TPSA) is 95.9 Å². The van der Waals surface area contributed by atoms with E-state index in [1.807, 2.05) is 6.08 Å². The molecule has 2 atom stereocenters. The maximum atomic E-state index is 12.4. The van der Waals surface area contributed by atoms with Crippen molar-refractivity contribution in [3.05, 3.63) is 24.3 Å². The lowest BCUT2D eigenvalue weighted by Crippen LogP contribution is -2.45. The molecule has 2 unspecified atom stereocenters. The van der Waals surface area contributed by atoms with Gasteiger partial charge in [0.2, 0.25) is 5.91 Å². The largest absolute Gasteiger partial charge is 0.466 e. The van der Waals surface area contributed by atoms with Crippen molar-refractivity contribution in [1.29, 1.82) is 0 Å². The number of amides is 1. The summed E-state index contributed by atoms with van der Waals surface area (Å²) in [5.74, 6) is -0.0617. The van der Waals surface area contributed by atoms with Gasteiger partial charge in [0.05, 0.1) is 25.4 Å². The summed E-state index contributed by atoms with van der Waals surface area (Å²) in [5.41, 5.74) is 0. The molecule has 0 rings (SSSR count). The Labute approximate surface area is 392 Å². The summed E-state index contributed by atoms with van der Waals surface area (Å²) < 4.78 is 5.47. The zero-order valence-electron chi connectivity index (χ0n) is 42.3. The fourth-order valence-corrected chi connectivity index (χ4v) is 8.63. The summed E-state index contributed by atoms with van der Waals surface area (Å²) in [6.45, 7) is 4.88. The number of aliphatic hydroxyl groups is 2. The van der Waals surface area contributed by atoms with E-state index in [1.165, 1.54) is 238 Å². The number of unbranched alkanes of at least 4 members (excludes halogenated alkanes) is 39. The van der Waals surface area contributed by atoms with Crippen LogP contribution < -0.4 is 5.32 Å². The first-order chi connectivity index (χ1) is 31.0. The van der Waals surface area contributed by atoms with E-state index in [1.54, 1.807) is 6.08 Å². The molecule has 0 saturated carbocycles. The van der Waals surface area contributed by atoms with Gasteiger partial charge in [-0.05, 0) is 57.8 Å². The fourth-order valence-electron chi connectivity index (χ4n) is 8.63. The van der Waals surface area contributed by atoms with Crippen LogP contribution in [0.2, 0.25) is 0 Å². The van der Waals surface area contributed by atoms with Crippen molar-refractivity contribution in [2.45, 2.75) is 315 Å². The molecule has 1 amide bonds. The van der Waals surface area contributed by atoms with Crippen molar-refractivity contribution in [3.8, 4) is 0 Å². The first-order valence-electron chi connectivity index (χ1n) is 28.1. The molecule has 6 heteroatoms. The number of ether oxygens (including phenoxy) is 1. The predicted octanol–water partition coefficient (Wildman–Crippen LogP) is 17.1. The predicted molar refractivity (Wildman–Crippen MR) is 273 cm³/mol. The van der Waals surface area contributed by atoms with Gasteiger partial charge in [0.1, 0.15) is 0 Å². The van der Waals surface area contributed by atoms with Crippen LogP contribution >= 0.6 is 0 Å². The zero-order valence-corrected chi connectivity index (χ0v) is 42.3. The Kier molecular flexibility index (Phi) is 51.6. The maximum absolute atomic E-state index is 12.4. The molecule has 0 aromatic rings. The summed E-state index contributed by atoms with van der Waals surface area (Å²) >= 11 is 0. The Balaban J connectivity index is 3.38. The molecule has 3 N–H and O–H groups in total. The van der Waals surface area contributed by atoms with Crippen LogP contribution in [0.15, 0.2) is 24.3 Å². The Hall–Kier alpha value is -1.66. The van der Waals surface area contributed by atoms with E-state index in [2.05, 4.69) is 31.3 Å². The lowest BCUT2D eigenvalue weighted by molar-refractivity contribution is -0.143. The molecular weight excluding hydrogens is 779 g/mol. The molecule has 0 aliphatic carbocycles. The Morgan fingerprint density at radius 2 is 0.746 bits per heavy atom. The van der Waals surface area contributed by atoms with E-state index in [0.29, 0.717) is 19.4 Å². The minimum absolute atomic E-state index is 0.0133. The lowest BCUT2D eigenvalue weighted by atomic mass is 10.0. The third-order valence-corrected chi connectivity index (χ3v) is 13.0. The van der Waals surface area contributed by atoms with Crippen molar-refractivity contribution < 1.29 is 24.5 Å². The van der Waals surface area contributed by atoms with Crippen molar-refractivity contribution in [2.24, 2.45) is 0 Å². The highest BCUT2D eigenvalue weighted by Crippen LogP contribution is 2.16. The molecule has 63 heavy (non-hydrogen) atoms. The van der Waals surface area contributed by atoms with Crippen LogP contribution in [-0.4, -0.2) is 47.4 Å². The van der Waals surface area contributed by atoms with Crippen molar-refractivity contribution >= 4 is 11.9 Å². The van der Waals surface area contributed by atoms with Crippen LogP contribution in [0.1, 0.15) is 303 Å². The lowest BCUT2D eigenvalue weighted by Gasteiger charge is -2.20. The molecule has 0 saturated heterocycles. The minimum Gasteiger partial charge on any atom is -0.466 e. The summed E-state index contributed by atoms with van der Waals surface area (Å²) in [6, 6.07) is -0.628. The van der Waals surface area contributed by atoms with Gasteiger partial charge in [-0.15, -0.1) is 0 Å². The van der Waals surface area contributed by atoms with Gasteiger partial charge < -0.3 is 20.3 Å². The number of hydrogen-bond acceptors (Lipinski definition) is 5. The zero-order chi connectivity index (χ0) is 45.8. The van der Waals surface area contributed by atoms with Crippen LogP contribution in [-0.2, 0) is 14.3 Å². The van der Waals surface area contributed by atoms with Gasteiger partial charge in [0.15, 0.2) is 0 Å².